The van der Waals surface area contributed by atoms with Crippen LogP contribution < -0.4 is 0 Å². The molecule has 0 aliphatic carbocycles. The van der Waals surface area contributed by atoms with Crippen LogP contribution in [0.4, 0.5) is 4.79 Å². The first kappa shape index (κ1) is 19.1. The molecular weight excluding hydrogens is 302 g/mol. The van der Waals surface area contributed by atoms with E-state index in [0.29, 0.717) is 13.2 Å². The molecule has 1 fully saturated rings. The molecular formula is C16H29NO4S. The number of likely N-dealkylation sites (tertiary alicyclic amines) is 1. The molecule has 1 heterocycles. The lowest BCUT2D eigenvalue weighted by molar-refractivity contribution is -0.147. The van der Waals surface area contributed by atoms with Crippen molar-refractivity contribution in [3.05, 3.63) is 0 Å². The molecule has 3 atom stereocenters. The lowest BCUT2D eigenvalue weighted by Crippen LogP contribution is -2.47. The zero-order valence-electron chi connectivity index (χ0n) is 14.5. The van der Waals surface area contributed by atoms with Crippen molar-refractivity contribution in [2.24, 2.45) is 5.92 Å². The number of amides is 1. The number of esters is 1. The first-order valence-electron chi connectivity index (χ1n) is 7.90. The lowest BCUT2D eigenvalue weighted by atomic mass is 9.99. The Balaban J connectivity index is 2.82. The molecule has 5 nitrogen and oxygen atoms in total. The van der Waals surface area contributed by atoms with Gasteiger partial charge in [-0.15, -0.1) is 0 Å². The van der Waals surface area contributed by atoms with Gasteiger partial charge in [0, 0.05) is 17.8 Å². The molecule has 0 spiro atoms. The summed E-state index contributed by atoms with van der Waals surface area (Å²) in [5.74, 6) is -0.444. The molecule has 1 rings (SSSR count). The van der Waals surface area contributed by atoms with E-state index in [4.69, 9.17) is 9.47 Å². The average molecular weight is 331 g/mol. The molecule has 1 amide bonds. The summed E-state index contributed by atoms with van der Waals surface area (Å²) in [4.78, 5) is 26.2. The minimum atomic E-state index is -0.508. The normalized spacial score (nSPS) is 21.4. The van der Waals surface area contributed by atoms with Crippen LogP contribution in [0.3, 0.4) is 0 Å². The molecule has 0 aromatic rings. The Hall–Kier alpha value is -0.910. The third kappa shape index (κ3) is 5.07. The van der Waals surface area contributed by atoms with Gasteiger partial charge in [-0.05, 0) is 46.8 Å². The molecule has 6 heteroatoms. The van der Waals surface area contributed by atoms with Crippen LogP contribution in [-0.2, 0) is 14.3 Å². The number of hydrogen-bond acceptors (Lipinski definition) is 5. The van der Waals surface area contributed by atoms with E-state index in [1.165, 1.54) is 0 Å². The highest BCUT2D eigenvalue weighted by atomic mass is 32.2. The zero-order chi connectivity index (χ0) is 16.9. The second-order valence-electron chi connectivity index (χ2n) is 6.62. The molecule has 0 N–H and O–H groups in total. The predicted octanol–water partition coefficient (Wildman–Crippen LogP) is 3.32. The first-order chi connectivity index (χ1) is 10.2. The standard InChI is InChI=1S/C16H29NO4S/c1-7-20-14(18)11(2)13(22-6)12-9-8-10-17(12)15(19)21-16(3,4)5/h11-13H,7-10H2,1-6H3/t11-,12-,13+/m0/s1. The monoisotopic (exact) mass is 331 g/mol. The van der Waals surface area contributed by atoms with E-state index in [0.717, 1.165) is 12.8 Å². The maximum Gasteiger partial charge on any atom is 0.410 e. The van der Waals surface area contributed by atoms with Gasteiger partial charge in [0.2, 0.25) is 0 Å². The van der Waals surface area contributed by atoms with Gasteiger partial charge in [-0.25, -0.2) is 4.79 Å². The topological polar surface area (TPSA) is 55.8 Å². The average Bonchev–Trinajstić information content (AvgIpc) is 2.87. The second kappa shape index (κ2) is 8.09. The van der Waals surface area contributed by atoms with Crippen LogP contribution in [0, 0.1) is 5.92 Å². The van der Waals surface area contributed by atoms with E-state index in [1.54, 1.807) is 23.6 Å². The quantitative estimate of drug-likeness (QED) is 0.723. The van der Waals surface area contributed by atoms with Gasteiger partial charge in [-0.3, -0.25) is 4.79 Å². The van der Waals surface area contributed by atoms with E-state index in [9.17, 15) is 9.59 Å². The highest BCUT2D eigenvalue weighted by molar-refractivity contribution is 7.99. The van der Waals surface area contributed by atoms with Crippen molar-refractivity contribution in [1.82, 2.24) is 4.90 Å². The van der Waals surface area contributed by atoms with Gasteiger partial charge in [0.05, 0.1) is 12.5 Å². The Kier molecular flexibility index (Phi) is 7.03. The highest BCUT2D eigenvalue weighted by Gasteiger charge is 2.41. The fraction of sp³-hybridized carbons (Fsp3) is 0.875. The van der Waals surface area contributed by atoms with Crippen molar-refractivity contribution in [3.8, 4) is 0 Å². The molecule has 0 saturated carbocycles. The maximum absolute atomic E-state index is 12.4. The van der Waals surface area contributed by atoms with Gasteiger partial charge in [0.25, 0.3) is 0 Å². The van der Waals surface area contributed by atoms with Crippen LogP contribution in [0.5, 0.6) is 0 Å². The van der Waals surface area contributed by atoms with Gasteiger partial charge >= 0.3 is 12.1 Å². The Morgan fingerprint density at radius 3 is 2.50 bits per heavy atom. The molecule has 128 valence electrons. The van der Waals surface area contributed by atoms with Crippen molar-refractivity contribution in [3.63, 3.8) is 0 Å². The summed E-state index contributed by atoms with van der Waals surface area (Å²) >= 11 is 1.62. The largest absolute Gasteiger partial charge is 0.466 e. The number of hydrogen-bond donors (Lipinski definition) is 0. The molecule has 0 radical (unpaired) electrons. The third-order valence-corrected chi connectivity index (χ3v) is 5.00. The Morgan fingerprint density at radius 1 is 1.36 bits per heavy atom. The van der Waals surface area contributed by atoms with Crippen LogP contribution in [0.25, 0.3) is 0 Å². The smallest absolute Gasteiger partial charge is 0.410 e. The van der Waals surface area contributed by atoms with Crippen LogP contribution in [0.1, 0.15) is 47.5 Å². The molecule has 0 aromatic carbocycles. The summed E-state index contributed by atoms with van der Waals surface area (Å²) < 4.78 is 10.6. The van der Waals surface area contributed by atoms with Crippen molar-refractivity contribution in [2.45, 2.75) is 64.4 Å². The summed E-state index contributed by atoms with van der Waals surface area (Å²) in [5, 5.41) is 0.0223. The van der Waals surface area contributed by atoms with Gasteiger partial charge < -0.3 is 14.4 Å². The van der Waals surface area contributed by atoms with Crippen LogP contribution in [0.2, 0.25) is 0 Å². The van der Waals surface area contributed by atoms with Gasteiger partial charge in [-0.2, -0.15) is 11.8 Å². The third-order valence-electron chi connectivity index (χ3n) is 3.73. The van der Waals surface area contributed by atoms with E-state index in [2.05, 4.69) is 0 Å². The van der Waals surface area contributed by atoms with E-state index < -0.39 is 5.60 Å². The molecule has 0 bridgehead atoms. The molecule has 0 unspecified atom stereocenters. The molecule has 0 aromatic heterocycles. The summed E-state index contributed by atoms with van der Waals surface area (Å²) in [7, 11) is 0. The maximum atomic E-state index is 12.4. The number of rotatable bonds is 5. The number of nitrogens with zero attached hydrogens (tertiary/aromatic N) is 1. The van der Waals surface area contributed by atoms with E-state index in [-0.39, 0.29) is 29.3 Å². The number of thioether (sulfide) groups is 1. The van der Waals surface area contributed by atoms with Crippen LogP contribution >= 0.6 is 11.8 Å². The Labute approximate surface area is 138 Å². The van der Waals surface area contributed by atoms with Crippen molar-refractivity contribution < 1.29 is 19.1 Å². The molecule has 1 saturated heterocycles. The SMILES string of the molecule is CCOC(=O)[C@@H](C)[C@@H](SC)[C@@H]1CCCN1C(=O)OC(C)(C)C. The molecule has 1 aliphatic heterocycles. The van der Waals surface area contributed by atoms with Gasteiger partial charge in [0.1, 0.15) is 5.60 Å². The van der Waals surface area contributed by atoms with Gasteiger partial charge in [0.15, 0.2) is 0 Å². The minimum Gasteiger partial charge on any atom is -0.466 e. The number of ether oxygens (including phenoxy) is 2. The predicted molar refractivity (Wildman–Crippen MR) is 89.1 cm³/mol. The first-order valence-corrected chi connectivity index (χ1v) is 9.19. The number of carbonyl (C=O) groups excluding carboxylic acids is 2. The molecule has 1 aliphatic rings. The van der Waals surface area contributed by atoms with Crippen molar-refractivity contribution in [1.29, 1.82) is 0 Å². The highest BCUT2D eigenvalue weighted by Crippen LogP contribution is 2.32. The fourth-order valence-electron chi connectivity index (χ4n) is 2.78. The summed E-state index contributed by atoms with van der Waals surface area (Å²) in [6.07, 6.45) is 3.53. The van der Waals surface area contributed by atoms with Crippen molar-refractivity contribution >= 4 is 23.8 Å². The van der Waals surface area contributed by atoms with E-state index in [1.807, 2.05) is 34.0 Å². The van der Waals surface area contributed by atoms with Gasteiger partial charge in [-0.1, -0.05) is 6.92 Å². The lowest BCUT2D eigenvalue weighted by Gasteiger charge is -2.34. The number of carbonyl (C=O) groups is 2. The van der Waals surface area contributed by atoms with Crippen molar-refractivity contribution in [2.75, 3.05) is 19.4 Å². The Bertz CT molecular complexity index is 394. The summed E-state index contributed by atoms with van der Waals surface area (Å²) in [5.41, 5.74) is -0.508. The van der Waals surface area contributed by atoms with Crippen LogP contribution in [0.15, 0.2) is 0 Å². The fourth-order valence-corrected chi connectivity index (χ4v) is 3.90. The summed E-state index contributed by atoms with van der Waals surface area (Å²) in [6, 6.07) is 0.0178. The zero-order valence-corrected chi connectivity index (χ0v) is 15.4. The van der Waals surface area contributed by atoms with Crippen LogP contribution in [-0.4, -0.2) is 53.3 Å². The van der Waals surface area contributed by atoms with E-state index >= 15 is 0 Å². The summed E-state index contributed by atoms with van der Waals surface area (Å²) in [6.45, 7) is 10.3. The molecule has 22 heavy (non-hydrogen) atoms. The Morgan fingerprint density at radius 2 is 2.00 bits per heavy atom. The minimum absolute atomic E-state index is 0.0178. The second-order valence-corrected chi connectivity index (χ2v) is 7.64.